The molecule has 0 saturated heterocycles. The lowest BCUT2D eigenvalue weighted by Gasteiger charge is -2.04. The van der Waals surface area contributed by atoms with Crippen LogP contribution in [0.4, 0.5) is 0 Å². The van der Waals surface area contributed by atoms with Crippen LogP contribution >= 0.6 is 0 Å². The summed E-state index contributed by atoms with van der Waals surface area (Å²) in [5.41, 5.74) is -5.54. The molecule has 52 heavy (non-hydrogen) atoms. The first-order valence-electron chi connectivity index (χ1n) is 39.5. The Labute approximate surface area is 390 Å². The summed E-state index contributed by atoms with van der Waals surface area (Å²) in [6, 6.07) is -9.95. The third kappa shape index (κ3) is 19.1. The Balaban J connectivity index is 0.000000615. The molecule has 0 aliphatic heterocycles. The van der Waals surface area contributed by atoms with Gasteiger partial charge < -0.3 is 0 Å². The van der Waals surface area contributed by atoms with E-state index in [9.17, 15) is 0 Å². The first-order chi connectivity index (χ1) is 44.9. The van der Waals surface area contributed by atoms with Crippen molar-refractivity contribution in [2.75, 3.05) is 0 Å². The van der Waals surface area contributed by atoms with Gasteiger partial charge in [0.05, 0.1) is 27.4 Å². The van der Waals surface area contributed by atoms with Crippen LogP contribution < -0.4 is 0 Å². The lowest BCUT2D eigenvalue weighted by molar-refractivity contribution is 1.23. The van der Waals surface area contributed by atoms with Gasteiger partial charge in [-0.25, -0.2) is 0 Å². The fourth-order valence-corrected chi connectivity index (χ4v) is 2.84. The maximum atomic E-state index is 7.82. The third-order valence-corrected chi connectivity index (χ3v) is 5.62. The zero-order valence-electron chi connectivity index (χ0n) is 79.0. The van der Waals surface area contributed by atoms with E-state index in [1.807, 2.05) is 0 Å². The Bertz CT molecular complexity index is 3530. The quantitative estimate of drug-likeness (QED) is 0.145. The van der Waals surface area contributed by atoms with Gasteiger partial charge in [-0.15, -0.1) is 0 Å². The van der Waals surface area contributed by atoms with Crippen molar-refractivity contribution in [1.82, 2.24) is 0 Å². The maximum absolute atomic E-state index is 7.82. The fraction of sp³-hybridized carbons (Fsp3) is 0.308. The molecule has 0 radical (unpaired) electrons. The van der Waals surface area contributed by atoms with Gasteiger partial charge in [-0.3, -0.25) is 0 Å². The van der Waals surface area contributed by atoms with Gasteiger partial charge in [0.1, 0.15) is 0 Å². The van der Waals surface area contributed by atoms with Gasteiger partial charge >= 0.3 is 0 Å². The van der Waals surface area contributed by atoms with Crippen molar-refractivity contribution in [1.29, 1.82) is 0 Å². The molecule has 0 aliphatic rings. The molecule has 0 N–H and O–H groups in total. The summed E-state index contributed by atoms with van der Waals surface area (Å²) >= 11 is 0. The Morgan fingerprint density at radius 1 is 0.269 bits per heavy atom. The Hall–Kier alpha value is -4.68. The lowest BCUT2D eigenvalue weighted by Crippen LogP contribution is -1.86. The zero-order valence-corrected chi connectivity index (χ0v) is 29.0. The summed E-state index contributed by atoms with van der Waals surface area (Å²) in [4.78, 5) is 0. The maximum Gasteiger partial charge on any atom is 0.0628 e. The van der Waals surface area contributed by atoms with Gasteiger partial charge in [0, 0.05) is 41.1 Å². The van der Waals surface area contributed by atoms with E-state index in [-0.39, 0.29) is 69.2 Å². The number of hydrogen-bond donors (Lipinski definition) is 0. The highest BCUT2D eigenvalue weighted by Gasteiger charge is 1.96. The molecule has 0 aromatic heterocycles. The van der Waals surface area contributed by atoms with Gasteiger partial charge in [-0.05, 0) is 155 Å². The zero-order chi connectivity index (χ0) is 81.8. The monoisotopic (exact) mass is 743 g/mol. The van der Waals surface area contributed by atoms with E-state index in [1.165, 1.54) is 41.5 Å². The summed E-state index contributed by atoms with van der Waals surface area (Å²) in [7, 11) is 0. The molecule has 0 heteroatoms. The molecule has 0 nitrogen and oxygen atoms in total. The smallest absolute Gasteiger partial charge is 0.0620 e. The minimum absolute atomic E-state index is 0.0387. The van der Waals surface area contributed by atoms with Crippen LogP contribution in [0.5, 0.6) is 0 Å². The van der Waals surface area contributed by atoms with E-state index in [0.29, 0.717) is 0 Å². The van der Waals surface area contributed by atoms with E-state index in [1.54, 1.807) is 0 Å². The topological polar surface area (TPSA) is 0 Å². The predicted octanol–water partition coefficient (Wildman–Crippen LogP) is 15.1. The molecule has 0 unspecified atom stereocenters. The van der Waals surface area contributed by atoms with Crippen LogP contribution in [-0.4, -0.2) is 0 Å². The molecule has 276 valence electrons. The van der Waals surface area contributed by atoms with Gasteiger partial charge in [0.25, 0.3) is 0 Å². The second-order valence-electron chi connectivity index (χ2n) is 10.0. The molecule has 0 atom stereocenters. The summed E-state index contributed by atoms with van der Waals surface area (Å²) in [5.74, 6) is 0. The number of hydrogen-bond acceptors (Lipinski definition) is 0. The van der Waals surface area contributed by atoms with Gasteiger partial charge in [-0.2, -0.15) is 0 Å². The van der Waals surface area contributed by atoms with Crippen LogP contribution in [-0.2, 0) is 0 Å². The van der Waals surface area contributed by atoms with Crippen LogP contribution in [0.15, 0.2) is 121 Å². The third-order valence-electron chi connectivity index (χ3n) is 5.62. The molecule has 0 fully saturated rings. The lowest BCUT2D eigenvalue weighted by atomic mass is 10.0. The summed E-state index contributed by atoms with van der Waals surface area (Å²) in [6.07, 6.45) is 0. The SMILES string of the molecule is [2H]c1c(C([2H])([2H])[2H])c([2H])c(C([2H])([2H])[2H])c(C)c1C([2H])([2H])[2H].[2H]c1c(C)c([2H])c(C([2H])([2H])[2H])c([2H])c1C([2H])([2H])[2H].[2H]c1c([2H])c(C([2H])([2H])[2H])c(C)c(C([2H])([2H])[2H])c1[2H].[2H]c1c([2H])c(C([2H])([2H])[2H])c([2H])c([2H])c1C.[2H]c1c([2H])c(C)c([2H])c(C([2H])([2H])[2H])c1[2H].[2H]c1c([2H])c([2H])c(C([2H])([2H])[2H])c(C)c1[2H]. The average molecular weight is 743 g/mol. The normalized spacial score (nSPS) is 25.9. The van der Waals surface area contributed by atoms with Gasteiger partial charge in [0.15, 0.2) is 0 Å². The predicted molar refractivity (Wildman–Crippen MR) is 234 cm³/mol. The van der Waals surface area contributed by atoms with E-state index < -0.39 is 209 Å². The highest BCUT2D eigenvalue weighted by Crippen LogP contribution is 2.14. The van der Waals surface area contributed by atoms with Crippen LogP contribution in [0.2, 0.25) is 0 Å². The molecule has 0 saturated carbocycles. The summed E-state index contributed by atoms with van der Waals surface area (Å²) in [5, 5.41) is 0. The van der Waals surface area contributed by atoms with Crippen LogP contribution in [0.3, 0.4) is 0 Å². The summed E-state index contributed by atoms with van der Waals surface area (Å²) in [6.45, 7) is -19.2. The van der Waals surface area contributed by atoms with E-state index >= 15 is 0 Å². The van der Waals surface area contributed by atoms with Crippen molar-refractivity contribution in [3.05, 3.63) is 210 Å². The highest BCUT2D eigenvalue weighted by molar-refractivity contribution is 5.36. The summed E-state index contributed by atoms with van der Waals surface area (Å²) < 4.78 is 369. The standard InChI is InChI=1S/C10H14.2C9H12.3C8H10/c1-7-5-8(2)10(4)9(3)6-7;1-7-4-8(2)6-9(3)5-7;1-7-5-4-6-8(2)9(7)3;1-7-3-5-8(2)6-4-7;1-7-4-3-5-8(2)6-7;1-7-5-3-4-6-8(7)2/h5-6H,1-4H3;2*4-6H,1-3H3;3*3-6H,1-2H3/i1D3,2D3,3D3,5D,6D;2*1D3,2D3,4D,5D,6D;3*1D3,3D,4D,5D,6D. The van der Waals surface area contributed by atoms with Crippen LogP contribution in [0, 0.1) is 110 Å². The van der Waals surface area contributed by atoms with E-state index in [0.717, 1.165) is 0 Å². The van der Waals surface area contributed by atoms with Crippen molar-refractivity contribution in [3.63, 3.8) is 0 Å². The molecule has 6 rings (SSSR count). The first-order valence-corrected chi connectivity index (χ1v) is 14.5. The first kappa shape index (κ1) is 10.7. The molecule has 0 spiro atoms. The molecular formula is C52H68. The Kier molecular flexibility index (Phi) is 4.89. The minimum atomic E-state index is -2.94. The van der Waals surface area contributed by atoms with Crippen molar-refractivity contribution < 1.29 is 68.5 Å². The van der Waals surface area contributed by atoms with Gasteiger partial charge in [-0.1, -0.05) is 165 Å². The van der Waals surface area contributed by atoms with Crippen LogP contribution in [0.1, 0.15) is 158 Å². The highest BCUT2D eigenvalue weighted by atomic mass is 14.0. The van der Waals surface area contributed by atoms with Crippen molar-refractivity contribution >= 4 is 0 Å². The van der Waals surface area contributed by atoms with Crippen LogP contribution in [0.25, 0.3) is 0 Å². The molecule has 0 aliphatic carbocycles. The molecule has 0 heterocycles. The van der Waals surface area contributed by atoms with E-state index in [2.05, 4.69) is 0 Å². The number of rotatable bonds is 0. The molecular weight excluding hydrogens is 625 g/mol. The minimum Gasteiger partial charge on any atom is -0.0620 e. The van der Waals surface area contributed by atoms with Gasteiger partial charge in [0.2, 0.25) is 0 Å². The Morgan fingerprint density at radius 3 is 1.17 bits per heavy atom. The Morgan fingerprint density at radius 2 is 0.654 bits per heavy atom. The molecule has 6 aromatic rings. The number of benzene rings is 6. The van der Waals surface area contributed by atoms with Crippen molar-refractivity contribution in [3.8, 4) is 0 Å². The molecule has 0 amide bonds. The molecule has 0 bridgehead atoms. The second-order valence-corrected chi connectivity index (χ2v) is 10.0. The van der Waals surface area contributed by atoms with Crippen molar-refractivity contribution in [2.45, 2.75) is 110 Å². The van der Waals surface area contributed by atoms with E-state index in [4.69, 9.17) is 68.5 Å². The van der Waals surface area contributed by atoms with Crippen molar-refractivity contribution in [2.24, 2.45) is 0 Å². The fourth-order valence-electron chi connectivity index (χ4n) is 2.84. The molecule has 6 aromatic carbocycles. The average Bonchev–Trinajstić information content (AvgIpc) is 0.757. The largest absolute Gasteiger partial charge is 0.0628 e. The second kappa shape index (κ2) is 23.7.